The first-order valence-electron chi connectivity index (χ1n) is 6.27. The molecule has 0 saturated carbocycles. The lowest BCUT2D eigenvalue weighted by atomic mass is 10.2. The number of rotatable bonds is 4. The Kier molecular flexibility index (Phi) is 4.96. The number of nitrogens with zero attached hydrogens (tertiary/aromatic N) is 2. The monoisotopic (exact) mass is 289 g/mol. The minimum atomic E-state index is -0.131. The van der Waals surface area contributed by atoms with Crippen molar-refractivity contribution in [2.75, 3.05) is 7.05 Å². The summed E-state index contributed by atoms with van der Waals surface area (Å²) in [4.78, 5) is 17.6. The summed E-state index contributed by atoms with van der Waals surface area (Å²) < 4.78 is 0. The van der Waals surface area contributed by atoms with Crippen molar-refractivity contribution in [2.45, 2.75) is 13.1 Å². The summed E-state index contributed by atoms with van der Waals surface area (Å²) in [5.41, 5.74) is 1.97. The van der Waals surface area contributed by atoms with E-state index in [9.17, 15) is 4.79 Å². The van der Waals surface area contributed by atoms with Gasteiger partial charge in [-0.3, -0.25) is 4.98 Å². The van der Waals surface area contributed by atoms with Crippen LogP contribution in [0.2, 0.25) is 5.02 Å². The summed E-state index contributed by atoms with van der Waals surface area (Å²) in [5.74, 6) is 0. The molecule has 104 valence electrons. The molecular formula is C15H16ClN3O. The van der Waals surface area contributed by atoms with Crippen LogP contribution in [0.1, 0.15) is 11.1 Å². The molecule has 0 fully saturated rings. The highest BCUT2D eigenvalue weighted by atomic mass is 35.5. The molecule has 1 aromatic carbocycles. The molecule has 0 aliphatic carbocycles. The Morgan fingerprint density at radius 3 is 2.80 bits per heavy atom. The average Bonchev–Trinajstić information content (AvgIpc) is 2.46. The first-order chi connectivity index (χ1) is 9.65. The lowest BCUT2D eigenvalue weighted by Gasteiger charge is -2.18. The highest BCUT2D eigenvalue weighted by molar-refractivity contribution is 6.30. The Bertz CT molecular complexity index is 574. The number of benzene rings is 1. The fourth-order valence-electron chi connectivity index (χ4n) is 1.80. The zero-order chi connectivity index (χ0) is 14.4. The van der Waals surface area contributed by atoms with Crippen LogP contribution in [0.5, 0.6) is 0 Å². The minimum absolute atomic E-state index is 0.131. The highest BCUT2D eigenvalue weighted by Crippen LogP contribution is 2.12. The smallest absolute Gasteiger partial charge is 0.317 e. The second-order valence-electron chi connectivity index (χ2n) is 4.51. The molecule has 0 aliphatic heterocycles. The number of aromatic nitrogens is 1. The third kappa shape index (κ3) is 4.24. The number of hydrogen-bond acceptors (Lipinski definition) is 2. The zero-order valence-corrected chi connectivity index (χ0v) is 12.0. The lowest BCUT2D eigenvalue weighted by Crippen LogP contribution is -2.36. The number of carbonyl (C=O) groups excluding carboxylic acids is 1. The van der Waals surface area contributed by atoms with E-state index < -0.39 is 0 Å². The normalized spacial score (nSPS) is 10.1. The van der Waals surface area contributed by atoms with Crippen molar-refractivity contribution in [3.63, 3.8) is 0 Å². The van der Waals surface area contributed by atoms with Crippen LogP contribution in [0.3, 0.4) is 0 Å². The fourth-order valence-corrected chi connectivity index (χ4v) is 2.01. The Balaban J connectivity index is 1.86. The average molecular weight is 290 g/mol. The van der Waals surface area contributed by atoms with E-state index in [1.54, 1.807) is 24.3 Å². The Labute approximate surface area is 123 Å². The molecular weight excluding hydrogens is 274 g/mol. The topological polar surface area (TPSA) is 45.2 Å². The largest absolute Gasteiger partial charge is 0.334 e. The van der Waals surface area contributed by atoms with Gasteiger partial charge in [0.05, 0.1) is 0 Å². The van der Waals surface area contributed by atoms with Crippen molar-refractivity contribution in [3.8, 4) is 0 Å². The Morgan fingerprint density at radius 1 is 1.30 bits per heavy atom. The zero-order valence-electron chi connectivity index (χ0n) is 11.2. The Morgan fingerprint density at radius 2 is 2.10 bits per heavy atom. The molecule has 5 heteroatoms. The van der Waals surface area contributed by atoms with Crippen LogP contribution in [-0.2, 0) is 13.1 Å². The summed E-state index contributed by atoms with van der Waals surface area (Å²) >= 11 is 5.92. The van der Waals surface area contributed by atoms with E-state index in [0.29, 0.717) is 18.1 Å². The SMILES string of the molecule is CN(Cc1cccc(Cl)c1)C(=O)NCc1cccnc1. The first kappa shape index (κ1) is 14.3. The van der Waals surface area contributed by atoms with Crippen LogP contribution in [0.4, 0.5) is 4.79 Å². The van der Waals surface area contributed by atoms with Gasteiger partial charge < -0.3 is 10.2 Å². The Hall–Kier alpha value is -2.07. The number of urea groups is 1. The second-order valence-corrected chi connectivity index (χ2v) is 4.94. The van der Waals surface area contributed by atoms with E-state index in [2.05, 4.69) is 10.3 Å². The molecule has 1 aromatic heterocycles. The summed E-state index contributed by atoms with van der Waals surface area (Å²) in [6.45, 7) is 0.978. The van der Waals surface area contributed by atoms with Crippen molar-refractivity contribution in [1.29, 1.82) is 0 Å². The van der Waals surface area contributed by atoms with E-state index in [1.165, 1.54) is 0 Å². The second kappa shape index (κ2) is 6.91. The lowest BCUT2D eigenvalue weighted by molar-refractivity contribution is 0.206. The maximum Gasteiger partial charge on any atom is 0.317 e. The molecule has 0 atom stereocenters. The number of hydrogen-bond donors (Lipinski definition) is 1. The molecule has 0 radical (unpaired) electrons. The van der Waals surface area contributed by atoms with Crippen molar-refractivity contribution in [2.24, 2.45) is 0 Å². The molecule has 2 rings (SSSR count). The molecule has 2 aromatic rings. The van der Waals surface area contributed by atoms with Gasteiger partial charge in [0.25, 0.3) is 0 Å². The van der Waals surface area contributed by atoms with Crippen LogP contribution in [0, 0.1) is 0 Å². The van der Waals surface area contributed by atoms with Gasteiger partial charge in [-0.15, -0.1) is 0 Å². The van der Waals surface area contributed by atoms with E-state index in [1.807, 2.05) is 36.4 Å². The van der Waals surface area contributed by atoms with Gasteiger partial charge >= 0.3 is 6.03 Å². The van der Waals surface area contributed by atoms with E-state index >= 15 is 0 Å². The van der Waals surface area contributed by atoms with Gasteiger partial charge in [-0.2, -0.15) is 0 Å². The molecule has 2 amide bonds. The van der Waals surface area contributed by atoms with Gasteiger partial charge in [-0.1, -0.05) is 29.8 Å². The molecule has 20 heavy (non-hydrogen) atoms. The van der Waals surface area contributed by atoms with Crippen molar-refractivity contribution in [1.82, 2.24) is 15.2 Å². The molecule has 0 bridgehead atoms. The summed E-state index contributed by atoms with van der Waals surface area (Å²) in [6, 6.07) is 11.1. The molecule has 1 N–H and O–H groups in total. The molecule has 4 nitrogen and oxygen atoms in total. The summed E-state index contributed by atoms with van der Waals surface area (Å²) in [6.07, 6.45) is 3.44. The third-order valence-electron chi connectivity index (χ3n) is 2.82. The van der Waals surface area contributed by atoms with Crippen molar-refractivity contribution >= 4 is 17.6 Å². The number of halogens is 1. The van der Waals surface area contributed by atoms with Crippen LogP contribution >= 0.6 is 11.6 Å². The molecule has 1 heterocycles. The standard InChI is InChI=1S/C15H16ClN3O/c1-19(11-12-4-2-6-14(16)8-12)15(20)18-10-13-5-3-7-17-9-13/h2-9H,10-11H2,1H3,(H,18,20). The van der Waals surface area contributed by atoms with Crippen molar-refractivity contribution in [3.05, 3.63) is 64.9 Å². The third-order valence-corrected chi connectivity index (χ3v) is 3.06. The number of nitrogens with one attached hydrogen (secondary N) is 1. The van der Waals surface area contributed by atoms with E-state index in [0.717, 1.165) is 11.1 Å². The van der Waals surface area contributed by atoms with Gasteiger partial charge in [0, 0.05) is 37.6 Å². The van der Waals surface area contributed by atoms with Gasteiger partial charge in [-0.05, 0) is 29.3 Å². The van der Waals surface area contributed by atoms with Gasteiger partial charge in [-0.25, -0.2) is 4.79 Å². The fraction of sp³-hybridized carbons (Fsp3) is 0.200. The number of amides is 2. The number of carbonyl (C=O) groups is 1. The maximum absolute atomic E-state index is 12.0. The molecule has 0 aliphatic rings. The quantitative estimate of drug-likeness (QED) is 0.940. The maximum atomic E-state index is 12.0. The van der Waals surface area contributed by atoms with Gasteiger partial charge in [0.1, 0.15) is 0 Å². The highest BCUT2D eigenvalue weighted by Gasteiger charge is 2.08. The molecule has 0 unspecified atom stereocenters. The predicted molar refractivity (Wildman–Crippen MR) is 79.4 cm³/mol. The van der Waals surface area contributed by atoms with Crippen LogP contribution in [0.15, 0.2) is 48.8 Å². The first-order valence-corrected chi connectivity index (χ1v) is 6.65. The predicted octanol–water partition coefficient (Wildman–Crippen LogP) is 3.08. The van der Waals surface area contributed by atoms with E-state index in [4.69, 9.17) is 11.6 Å². The van der Waals surface area contributed by atoms with Crippen LogP contribution < -0.4 is 5.32 Å². The van der Waals surface area contributed by atoms with E-state index in [-0.39, 0.29) is 6.03 Å². The van der Waals surface area contributed by atoms with Crippen molar-refractivity contribution < 1.29 is 4.79 Å². The van der Waals surface area contributed by atoms with Crippen LogP contribution in [-0.4, -0.2) is 23.0 Å². The molecule has 0 spiro atoms. The van der Waals surface area contributed by atoms with Crippen LogP contribution in [0.25, 0.3) is 0 Å². The summed E-state index contributed by atoms with van der Waals surface area (Å²) in [7, 11) is 1.75. The van der Waals surface area contributed by atoms with Gasteiger partial charge in [0.15, 0.2) is 0 Å². The van der Waals surface area contributed by atoms with Gasteiger partial charge in [0.2, 0.25) is 0 Å². The summed E-state index contributed by atoms with van der Waals surface area (Å²) in [5, 5.41) is 3.52. The molecule has 0 saturated heterocycles. The number of pyridine rings is 1. The minimum Gasteiger partial charge on any atom is -0.334 e.